The van der Waals surface area contributed by atoms with Gasteiger partial charge in [0.2, 0.25) is 11.8 Å². The van der Waals surface area contributed by atoms with Gasteiger partial charge in [-0.3, -0.25) is 14.6 Å². The average molecular weight is 474 g/mol. The number of aromatic amines is 1. The Kier molecular flexibility index (Phi) is 9.87. The van der Waals surface area contributed by atoms with Crippen LogP contribution in [-0.4, -0.2) is 58.5 Å². The second kappa shape index (κ2) is 12.6. The Morgan fingerprint density at radius 1 is 1.15 bits per heavy atom. The molecule has 11 nitrogen and oxygen atoms in total. The van der Waals surface area contributed by atoms with Crippen molar-refractivity contribution in [3.05, 3.63) is 36.0 Å². The number of aliphatic carboxylic acids is 1. The molecule has 0 fully saturated rings. The lowest BCUT2D eigenvalue weighted by atomic mass is 9.98. The maximum atomic E-state index is 12.9. The highest BCUT2D eigenvalue weighted by atomic mass is 16.4. The van der Waals surface area contributed by atoms with Gasteiger partial charge in [-0.15, -0.1) is 0 Å². The molecule has 1 heterocycles. The summed E-state index contributed by atoms with van der Waals surface area (Å²) in [5, 5.41) is 15.7. The Labute approximate surface area is 198 Å². The second-order valence-corrected chi connectivity index (χ2v) is 8.39. The topological polar surface area (TPSA) is 202 Å². The summed E-state index contributed by atoms with van der Waals surface area (Å²) in [4.78, 5) is 44.5. The van der Waals surface area contributed by atoms with Crippen molar-refractivity contribution in [1.29, 1.82) is 0 Å². The predicted molar refractivity (Wildman–Crippen MR) is 131 cm³/mol. The molecule has 11 heteroatoms. The number of guanidine groups is 1. The van der Waals surface area contributed by atoms with E-state index in [0.717, 1.165) is 16.5 Å². The molecule has 1 aromatic heterocycles. The minimum Gasteiger partial charge on any atom is -0.480 e. The summed E-state index contributed by atoms with van der Waals surface area (Å²) in [6, 6.07) is 4.71. The molecule has 0 aliphatic heterocycles. The fourth-order valence-electron chi connectivity index (χ4n) is 3.62. The number of amides is 2. The summed E-state index contributed by atoms with van der Waals surface area (Å²) >= 11 is 0. The van der Waals surface area contributed by atoms with Crippen LogP contribution in [0.25, 0.3) is 10.9 Å². The summed E-state index contributed by atoms with van der Waals surface area (Å²) in [6.45, 7) is 3.84. The van der Waals surface area contributed by atoms with Crippen LogP contribution in [0, 0.1) is 5.92 Å². The fourth-order valence-corrected chi connectivity index (χ4v) is 3.62. The molecule has 0 spiro atoms. The lowest BCUT2D eigenvalue weighted by molar-refractivity contribution is -0.143. The zero-order chi connectivity index (χ0) is 25.3. The van der Waals surface area contributed by atoms with Gasteiger partial charge in [0.1, 0.15) is 12.1 Å². The second-order valence-electron chi connectivity index (χ2n) is 8.39. The molecule has 10 N–H and O–H groups in total. The number of nitrogens with two attached hydrogens (primary N) is 3. The molecule has 4 atom stereocenters. The number of carboxylic acids is 1. The molecule has 0 saturated carbocycles. The standard InChI is InChI=1S/C23H35N7O4/c1-3-13(2)19(22(33)34)30-21(32)18(9-6-10-27-23(25)26)29-20(31)16(24)11-14-12-28-17-8-5-4-7-15(14)17/h4-5,7-8,12-13,16,18-19,28H,3,6,9-11,24H2,1-2H3,(H,29,31)(H,30,32)(H,33,34)(H4,25,26,27). The number of aliphatic imine (C=N–C) groups is 1. The predicted octanol–water partition coefficient (Wildman–Crippen LogP) is 0.192. The number of carbonyl (C=O) groups excluding carboxylic acids is 2. The lowest BCUT2D eigenvalue weighted by Gasteiger charge is -2.25. The number of rotatable bonds is 13. The summed E-state index contributed by atoms with van der Waals surface area (Å²) in [6.07, 6.45) is 3.24. The van der Waals surface area contributed by atoms with Gasteiger partial charge in [-0.05, 0) is 36.8 Å². The van der Waals surface area contributed by atoms with Gasteiger partial charge >= 0.3 is 5.97 Å². The summed E-state index contributed by atoms with van der Waals surface area (Å²) in [5.41, 5.74) is 18.6. The highest BCUT2D eigenvalue weighted by molar-refractivity contribution is 5.92. The number of fused-ring (bicyclic) bond motifs is 1. The van der Waals surface area contributed by atoms with Crippen molar-refractivity contribution in [3.8, 4) is 0 Å². The van der Waals surface area contributed by atoms with Crippen molar-refractivity contribution < 1.29 is 19.5 Å². The van der Waals surface area contributed by atoms with Gasteiger partial charge in [0, 0.05) is 23.6 Å². The van der Waals surface area contributed by atoms with Crippen LogP contribution in [0.2, 0.25) is 0 Å². The number of carboxylic acid groups (broad SMARTS) is 1. The SMILES string of the molecule is CCC(C)C(NC(=O)C(CCCN=C(N)N)NC(=O)C(N)Cc1c[nH]c2ccccc12)C(=O)O. The third kappa shape index (κ3) is 7.48. The van der Waals surface area contributed by atoms with Crippen LogP contribution < -0.4 is 27.8 Å². The molecule has 0 saturated heterocycles. The minimum atomic E-state index is -1.13. The van der Waals surface area contributed by atoms with Crippen molar-refractivity contribution >= 4 is 34.6 Å². The molecule has 186 valence electrons. The number of H-pyrrole nitrogens is 1. The molecule has 0 aliphatic rings. The molecule has 2 aromatic rings. The Morgan fingerprint density at radius 3 is 2.50 bits per heavy atom. The van der Waals surface area contributed by atoms with E-state index in [1.165, 1.54) is 0 Å². The fraction of sp³-hybridized carbons (Fsp3) is 0.478. The van der Waals surface area contributed by atoms with Crippen LogP contribution in [0.3, 0.4) is 0 Å². The van der Waals surface area contributed by atoms with Gasteiger partial charge in [-0.1, -0.05) is 38.5 Å². The molecular weight excluding hydrogens is 438 g/mol. The molecule has 0 aliphatic carbocycles. The largest absolute Gasteiger partial charge is 0.480 e. The van der Waals surface area contributed by atoms with Crippen LogP contribution in [0.1, 0.15) is 38.7 Å². The maximum absolute atomic E-state index is 12.9. The number of benzene rings is 1. The molecule has 34 heavy (non-hydrogen) atoms. The normalized spacial score (nSPS) is 14.6. The van der Waals surface area contributed by atoms with Crippen LogP contribution in [-0.2, 0) is 20.8 Å². The highest BCUT2D eigenvalue weighted by Gasteiger charge is 2.30. The van der Waals surface area contributed by atoms with Gasteiger partial charge < -0.3 is 37.9 Å². The first-order valence-corrected chi connectivity index (χ1v) is 11.3. The maximum Gasteiger partial charge on any atom is 0.326 e. The van der Waals surface area contributed by atoms with E-state index in [4.69, 9.17) is 17.2 Å². The molecule has 0 radical (unpaired) electrons. The number of nitrogens with one attached hydrogen (secondary N) is 3. The van der Waals surface area contributed by atoms with Crippen LogP contribution in [0.15, 0.2) is 35.5 Å². The van der Waals surface area contributed by atoms with E-state index in [2.05, 4.69) is 20.6 Å². The zero-order valence-corrected chi connectivity index (χ0v) is 19.6. The van der Waals surface area contributed by atoms with Gasteiger partial charge in [-0.25, -0.2) is 4.79 Å². The molecule has 2 amide bonds. The van der Waals surface area contributed by atoms with Crippen molar-refractivity contribution in [2.24, 2.45) is 28.1 Å². The molecule has 2 rings (SSSR count). The number of para-hydroxylation sites is 1. The summed E-state index contributed by atoms with van der Waals surface area (Å²) in [5.74, 6) is -2.60. The van der Waals surface area contributed by atoms with E-state index in [0.29, 0.717) is 12.8 Å². The van der Waals surface area contributed by atoms with Gasteiger partial charge in [0.25, 0.3) is 0 Å². The Bertz CT molecular complexity index is 1020. The molecule has 1 aromatic carbocycles. The van der Waals surface area contributed by atoms with E-state index in [-0.39, 0.29) is 31.3 Å². The minimum absolute atomic E-state index is 0.0755. The summed E-state index contributed by atoms with van der Waals surface area (Å²) < 4.78 is 0. The third-order valence-corrected chi connectivity index (χ3v) is 5.81. The quantitative estimate of drug-likeness (QED) is 0.122. The van der Waals surface area contributed by atoms with Gasteiger partial charge in [0.05, 0.1) is 6.04 Å². The van der Waals surface area contributed by atoms with Crippen molar-refractivity contribution in [3.63, 3.8) is 0 Å². The van der Waals surface area contributed by atoms with E-state index >= 15 is 0 Å². The number of aromatic nitrogens is 1. The first-order valence-electron chi connectivity index (χ1n) is 11.3. The zero-order valence-electron chi connectivity index (χ0n) is 19.6. The Balaban J connectivity index is 2.10. The van der Waals surface area contributed by atoms with E-state index < -0.39 is 35.9 Å². The van der Waals surface area contributed by atoms with Crippen molar-refractivity contribution in [1.82, 2.24) is 15.6 Å². The van der Waals surface area contributed by atoms with Gasteiger partial charge in [0.15, 0.2) is 5.96 Å². The van der Waals surface area contributed by atoms with E-state index in [1.54, 1.807) is 13.1 Å². The first kappa shape index (κ1) is 26.7. The Morgan fingerprint density at radius 2 is 1.85 bits per heavy atom. The van der Waals surface area contributed by atoms with Gasteiger partial charge in [-0.2, -0.15) is 0 Å². The first-order chi connectivity index (χ1) is 16.1. The molecular formula is C23H35N7O4. The van der Waals surface area contributed by atoms with Crippen LogP contribution in [0.5, 0.6) is 0 Å². The summed E-state index contributed by atoms with van der Waals surface area (Å²) in [7, 11) is 0. The lowest BCUT2D eigenvalue weighted by Crippen LogP contribution is -2.55. The smallest absolute Gasteiger partial charge is 0.326 e. The van der Waals surface area contributed by atoms with Crippen molar-refractivity contribution in [2.75, 3.05) is 6.54 Å². The highest BCUT2D eigenvalue weighted by Crippen LogP contribution is 2.19. The van der Waals surface area contributed by atoms with E-state index in [1.807, 2.05) is 31.2 Å². The monoisotopic (exact) mass is 473 g/mol. The number of nitrogens with zero attached hydrogens (tertiary/aromatic N) is 1. The third-order valence-electron chi connectivity index (χ3n) is 5.81. The van der Waals surface area contributed by atoms with Crippen LogP contribution >= 0.6 is 0 Å². The average Bonchev–Trinajstić information content (AvgIpc) is 3.20. The number of hydrogen-bond donors (Lipinski definition) is 7. The number of hydrogen-bond acceptors (Lipinski definition) is 5. The van der Waals surface area contributed by atoms with Crippen LogP contribution in [0.4, 0.5) is 0 Å². The Hall–Kier alpha value is -3.60. The molecule has 0 bridgehead atoms. The van der Waals surface area contributed by atoms with E-state index in [9.17, 15) is 19.5 Å². The number of carbonyl (C=O) groups is 3. The van der Waals surface area contributed by atoms with Crippen molar-refractivity contribution in [2.45, 2.75) is 57.7 Å². The molecule has 4 unspecified atom stereocenters.